The summed E-state index contributed by atoms with van der Waals surface area (Å²) in [6.45, 7) is 8.17. The van der Waals surface area contributed by atoms with Gasteiger partial charge in [0.1, 0.15) is 6.61 Å². The van der Waals surface area contributed by atoms with Crippen molar-refractivity contribution in [3.8, 4) is 11.5 Å². The van der Waals surface area contributed by atoms with Crippen LogP contribution < -0.4 is 14.9 Å². The highest BCUT2D eigenvalue weighted by atomic mass is 79.9. The largest absolute Gasteiger partial charge is 0.493 e. The first-order valence-corrected chi connectivity index (χ1v) is 11.0. The molecule has 0 saturated heterocycles. The van der Waals surface area contributed by atoms with Gasteiger partial charge in [0.05, 0.1) is 23.5 Å². The van der Waals surface area contributed by atoms with Gasteiger partial charge in [0.25, 0.3) is 0 Å². The second-order valence-corrected chi connectivity index (χ2v) is 8.26. The monoisotopic (exact) mass is 476 g/mol. The van der Waals surface area contributed by atoms with E-state index in [1.165, 1.54) is 16.7 Å². The van der Waals surface area contributed by atoms with Gasteiger partial charge in [-0.1, -0.05) is 42.0 Å². The number of amides is 1. The van der Waals surface area contributed by atoms with Crippen molar-refractivity contribution in [3.05, 3.63) is 69.7 Å². The summed E-state index contributed by atoms with van der Waals surface area (Å²) in [5.41, 5.74) is 7.01. The normalized spacial score (nSPS) is 10.8. The lowest BCUT2D eigenvalue weighted by molar-refractivity contribution is -0.118. The first-order valence-electron chi connectivity index (χ1n) is 9.01. The highest BCUT2D eigenvalue weighted by molar-refractivity contribution is 9.10. The van der Waals surface area contributed by atoms with E-state index in [-0.39, 0.29) is 5.91 Å². The van der Waals surface area contributed by atoms with Crippen LogP contribution in [0.15, 0.2) is 52.6 Å². The van der Waals surface area contributed by atoms with E-state index in [0.29, 0.717) is 23.9 Å². The minimum atomic E-state index is -0.146. The topological polar surface area (TPSA) is 59.9 Å². The van der Waals surface area contributed by atoms with Crippen molar-refractivity contribution in [1.29, 1.82) is 0 Å². The number of nitrogens with one attached hydrogen (secondary N) is 1. The molecule has 0 unspecified atom stereocenters. The average Bonchev–Trinajstić information content (AvgIpc) is 2.66. The van der Waals surface area contributed by atoms with Crippen LogP contribution in [0.3, 0.4) is 0 Å². The zero-order valence-corrected chi connectivity index (χ0v) is 19.2. The van der Waals surface area contributed by atoms with Crippen LogP contribution in [-0.2, 0) is 10.5 Å². The van der Waals surface area contributed by atoms with Crippen LogP contribution in [0.25, 0.3) is 0 Å². The van der Waals surface area contributed by atoms with E-state index in [0.717, 1.165) is 15.8 Å². The molecule has 2 rings (SSSR count). The summed E-state index contributed by atoms with van der Waals surface area (Å²) in [6.07, 6.45) is 3.23. The number of aryl methyl sites for hydroxylation is 2. The third-order valence-electron chi connectivity index (χ3n) is 3.78. The van der Waals surface area contributed by atoms with E-state index in [1.807, 2.05) is 6.07 Å². The number of nitrogens with zero attached hydrogens (tertiary/aromatic N) is 1. The second kappa shape index (κ2) is 11.7. The molecule has 0 aliphatic carbocycles. The fourth-order valence-corrected chi connectivity index (χ4v) is 4.05. The van der Waals surface area contributed by atoms with Gasteiger partial charge in [0.15, 0.2) is 11.5 Å². The van der Waals surface area contributed by atoms with E-state index in [4.69, 9.17) is 9.47 Å². The van der Waals surface area contributed by atoms with E-state index in [9.17, 15) is 4.79 Å². The Kier molecular flexibility index (Phi) is 9.28. The average molecular weight is 477 g/mol. The number of benzene rings is 2. The molecule has 0 aliphatic rings. The maximum Gasteiger partial charge on any atom is 0.250 e. The quantitative estimate of drug-likeness (QED) is 0.297. The van der Waals surface area contributed by atoms with Gasteiger partial charge < -0.3 is 9.47 Å². The van der Waals surface area contributed by atoms with Crippen molar-refractivity contribution >= 4 is 39.8 Å². The van der Waals surface area contributed by atoms with Crippen LogP contribution in [0.4, 0.5) is 0 Å². The number of thioether (sulfide) groups is 1. The summed E-state index contributed by atoms with van der Waals surface area (Å²) in [5.74, 6) is 2.14. The SMILES string of the molecule is C=CCOc1c(Br)cc(/C=N\NC(=O)CSCc2cc(C)cc(C)c2)cc1OC. The van der Waals surface area contributed by atoms with Crippen molar-refractivity contribution in [2.75, 3.05) is 19.5 Å². The van der Waals surface area contributed by atoms with E-state index >= 15 is 0 Å². The van der Waals surface area contributed by atoms with Gasteiger partial charge >= 0.3 is 0 Å². The van der Waals surface area contributed by atoms with E-state index < -0.39 is 0 Å². The Morgan fingerprint density at radius 3 is 2.62 bits per heavy atom. The summed E-state index contributed by atoms with van der Waals surface area (Å²) in [6, 6.07) is 10.0. The number of methoxy groups -OCH3 is 1. The lowest BCUT2D eigenvalue weighted by Crippen LogP contribution is -2.19. The lowest BCUT2D eigenvalue weighted by atomic mass is 10.1. The van der Waals surface area contributed by atoms with Crippen LogP contribution in [-0.4, -0.2) is 31.6 Å². The number of halogens is 1. The Morgan fingerprint density at radius 1 is 1.24 bits per heavy atom. The fourth-order valence-electron chi connectivity index (χ4n) is 2.72. The Bertz CT molecular complexity index is 880. The second-order valence-electron chi connectivity index (χ2n) is 6.42. The van der Waals surface area contributed by atoms with Crippen molar-refractivity contribution in [2.45, 2.75) is 19.6 Å². The smallest absolute Gasteiger partial charge is 0.250 e. The van der Waals surface area contributed by atoms with Gasteiger partial charge in [-0.25, -0.2) is 5.43 Å². The third-order valence-corrected chi connectivity index (χ3v) is 5.38. The van der Waals surface area contributed by atoms with Crippen LogP contribution in [0.1, 0.15) is 22.3 Å². The molecule has 0 atom stereocenters. The van der Waals surface area contributed by atoms with Crippen LogP contribution in [0, 0.1) is 13.8 Å². The molecule has 0 aliphatic heterocycles. The van der Waals surface area contributed by atoms with E-state index in [1.54, 1.807) is 37.2 Å². The Balaban J connectivity index is 1.87. The molecule has 1 amide bonds. The standard InChI is InChI=1S/C22H25BrN2O3S/c1-5-6-28-22-19(23)10-17(11-20(22)27-4)12-24-25-21(26)14-29-13-18-8-15(2)7-16(3)9-18/h5,7-12H,1,6,13-14H2,2-4H3,(H,25,26)/b24-12-. The molecular weight excluding hydrogens is 452 g/mol. The fraction of sp³-hybridized carbons (Fsp3) is 0.273. The molecule has 5 nitrogen and oxygen atoms in total. The molecule has 0 fully saturated rings. The molecule has 2 aromatic carbocycles. The number of hydrogen-bond acceptors (Lipinski definition) is 5. The molecule has 154 valence electrons. The van der Waals surface area contributed by atoms with Crippen molar-refractivity contribution in [3.63, 3.8) is 0 Å². The lowest BCUT2D eigenvalue weighted by Gasteiger charge is -2.12. The molecule has 29 heavy (non-hydrogen) atoms. The predicted molar refractivity (Wildman–Crippen MR) is 124 cm³/mol. The molecular formula is C22H25BrN2O3S. The summed E-state index contributed by atoms with van der Waals surface area (Å²) >= 11 is 5.02. The van der Waals surface area contributed by atoms with E-state index in [2.05, 4.69) is 65.1 Å². The van der Waals surface area contributed by atoms with Gasteiger partial charge in [0, 0.05) is 5.75 Å². The van der Waals surface area contributed by atoms with Gasteiger partial charge in [-0.2, -0.15) is 5.10 Å². The highest BCUT2D eigenvalue weighted by Gasteiger charge is 2.10. The molecule has 1 N–H and O–H groups in total. The zero-order valence-electron chi connectivity index (χ0n) is 16.8. The third kappa shape index (κ3) is 7.59. The molecule has 0 saturated carbocycles. The number of hydrogen-bond donors (Lipinski definition) is 1. The maximum absolute atomic E-state index is 12.0. The molecule has 0 aromatic heterocycles. The van der Waals surface area contributed by atoms with Crippen LogP contribution in [0.5, 0.6) is 11.5 Å². The first kappa shape index (κ1) is 23.0. The van der Waals surface area contributed by atoms with Crippen molar-refractivity contribution in [2.24, 2.45) is 5.10 Å². The molecule has 0 spiro atoms. The van der Waals surface area contributed by atoms with Crippen molar-refractivity contribution in [1.82, 2.24) is 5.43 Å². The van der Waals surface area contributed by atoms with Gasteiger partial charge in [-0.3, -0.25) is 4.79 Å². The Hall–Kier alpha value is -2.25. The Labute approximate surface area is 184 Å². The first-order chi connectivity index (χ1) is 13.9. The zero-order chi connectivity index (χ0) is 21.2. The summed E-state index contributed by atoms with van der Waals surface area (Å²) < 4.78 is 11.7. The molecule has 0 radical (unpaired) electrons. The summed E-state index contributed by atoms with van der Waals surface area (Å²) in [7, 11) is 1.57. The minimum Gasteiger partial charge on any atom is -0.493 e. The minimum absolute atomic E-state index is 0.146. The predicted octanol–water partition coefficient (Wildman–Crippen LogP) is 5.02. The molecule has 0 bridgehead atoms. The number of hydrazone groups is 1. The number of rotatable bonds is 10. The van der Waals surface area contributed by atoms with Gasteiger partial charge in [-0.05, 0) is 53.0 Å². The molecule has 2 aromatic rings. The van der Waals surface area contributed by atoms with Gasteiger partial charge in [-0.15, -0.1) is 11.8 Å². The number of carbonyl (C=O) groups excluding carboxylic acids is 1. The summed E-state index contributed by atoms with van der Waals surface area (Å²) in [4.78, 5) is 12.0. The maximum atomic E-state index is 12.0. The molecule has 0 heterocycles. The van der Waals surface area contributed by atoms with Crippen LogP contribution >= 0.6 is 27.7 Å². The highest BCUT2D eigenvalue weighted by Crippen LogP contribution is 2.36. The van der Waals surface area contributed by atoms with Crippen molar-refractivity contribution < 1.29 is 14.3 Å². The number of carbonyl (C=O) groups is 1. The molecule has 7 heteroatoms. The number of ether oxygens (including phenoxy) is 2. The van der Waals surface area contributed by atoms with Gasteiger partial charge in [0.2, 0.25) is 5.91 Å². The summed E-state index contributed by atoms with van der Waals surface area (Å²) in [5, 5.41) is 4.03. The Morgan fingerprint density at radius 2 is 1.97 bits per heavy atom. The van der Waals surface area contributed by atoms with Crippen LogP contribution in [0.2, 0.25) is 0 Å².